The van der Waals surface area contributed by atoms with E-state index in [1.807, 2.05) is 38.1 Å². The van der Waals surface area contributed by atoms with E-state index >= 15 is 0 Å². The number of hydrogen-bond acceptors (Lipinski definition) is 2. The molecule has 2 nitrogen and oxygen atoms in total. The zero-order valence-electron chi connectivity index (χ0n) is 8.91. The molecule has 0 spiro atoms. The summed E-state index contributed by atoms with van der Waals surface area (Å²) in [4.78, 5) is 10.4. The third-order valence-corrected chi connectivity index (χ3v) is 2.30. The molecule has 0 aromatic heterocycles. The minimum atomic E-state index is -0.150. The maximum Gasteiger partial charge on any atom is 0.150 e. The van der Waals surface area contributed by atoms with Gasteiger partial charge in [-0.1, -0.05) is 24.3 Å². The Kier molecular flexibility index (Phi) is 3.42. The lowest BCUT2D eigenvalue weighted by Crippen LogP contribution is -2.25. The predicted molar refractivity (Wildman–Crippen MR) is 56.6 cm³/mol. The molecule has 0 heterocycles. The van der Waals surface area contributed by atoms with Gasteiger partial charge in [-0.3, -0.25) is 4.79 Å². The molecule has 2 heteroatoms. The van der Waals surface area contributed by atoms with Crippen molar-refractivity contribution in [1.82, 2.24) is 0 Å². The van der Waals surface area contributed by atoms with Gasteiger partial charge in [0.05, 0.1) is 5.60 Å². The number of hydrogen-bond donors (Lipinski definition) is 0. The highest BCUT2D eigenvalue weighted by molar-refractivity contribution is 5.74. The molecule has 0 aliphatic heterocycles. The Labute approximate surface area is 84.9 Å². The van der Waals surface area contributed by atoms with E-state index in [1.54, 1.807) is 7.11 Å². The van der Waals surface area contributed by atoms with Crippen molar-refractivity contribution in [2.75, 3.05) is 7.11 Å². The summed E-state index contributed by atoms with van der Waals surface area (Å²) in [7, 11) is 1.71. The SMILES string of the molecule is COC(C)(C)Cc1ccc(C=O)cc1. The first-order valence-corrected chi connectivity index (χ1v) is 4.67. The van der Waals surface area contributed by atoms with Gasteiger partial charge in [-0.25, -0.2) is 0 Å². The van der Waals surface area contributed by atoms with Crippen LogP contribution in [0.2, 0.25) is 0 Å². The van der Waals surface area contributed by atoms with Gasteiger partial charge in [0.25, 0.3) is 0 Å². The number of methoxy groups -OCH3 is 1. The van der Waals surface area contributed by atoms with Gasteiger partial charge in [0.15, 0.2) is 0 Å². The van der Waals surface area contributed by atoms with E-state index in [-0.39, 0.29) is 5.60 Å². The number of carbonyl (C=O) groups is 1. The van der Waals surface area contributed by atoms with E-state index < -0.39 is 0 Å². The van der Waals surface area contributed by atoms with Gasteiger partial charge in [0, 0.05) is 19.1 Å². The van der Waals surface area contributed by atoms with E-state index in [0.29, 0.717) is 5.56 Å². The fourth-order valence-corrected chi connectivity index (χ4v) is 1.28. The van der Waals surface area contributed by atoms with Crippen molar-refractivity contribution in [1.29, 1.82) is 0 Å². The van der Waals surface area contributed by atoms with Crippen LogP contribution in [0.25, 0.3) is 0 Å². The first-order chi connectivity index (χ1) is 6.57. The van der Waals surface area contributed by atoms with Crippen LogP contribution in [0.15, 0.2) is 24.3 Å². The normalized spacial score (nSPS) is 11.4. The molecule has 14 heavy (non-hydrogen) atoms. The van der Waals surface area contributed by atoms with Crippen molar-refractivity contribution in [3.63, 3.8) is 0 Å². The van der Waals surface area contributed by atoms with E-state index in [1.165, 1.54) is 5.56 Å². The van der Waals surface area contributed by atoms with Gasteiger partial charge in [0.1, 0.15) is 6.29 Å². The molecule has 0 fully saturated rings. The monoisotopic (exact) mass is 192 g/mol. The van der Waals surface area contributed by atoms with Crippen molar-refractivity contribution in [3.8, 4) is 0 Å². The Hall–Kier alpha value is -1.15. The molecule has 0 aliphatic carbocycles. The summed E-state index contributed by atoms with van der Waals surface area (Å²) in [5.74, 6) is 0. The highest BCUT2D eigenvalue weighted by atomic mass is 16.5. The van der Waals surface area contributed by atoms with Gasteiger partial charge in [0.2, 0.25) is 0 Å². The van der Waals surface area contributed by atoms with Gasteiger partial charge in [-0.05, 0) is 19.4 Å². The number of ether oxygens (including phenoxy) is 1. The van der Waals surface area contributed by atoms with Crippen LogP contribution in [-0.2, 0) is 11.2 Å². The summed E-state index contributed by atoms with van der Waals surface area (Å²) in [6.45, 7) is 4.08. The molecule has 0 unspecified atom stereocenters. The molecule has 0 aliphatic rings. The Bertz CT molecular complexity index is 299. The second-order valence-electron chi connectivity index (χ2n) is 4.00. The zero-order chi connectivity index (χ0) is 10.6. The lowest BCUT2D eigenvalue weighted by Gasteiger charge is -2.22. The molecular weight excluding hydrogens is 176 g/mol. The molecule has 0 saturated carbocycles. The molecule has 0 amide bonds. The number of benzene rings is 1. The molecule has 0 atom stereocenters. The smallest absolute Gasteiger partial charge is 0.150 e. The summed E-state index contributed by atoms with van der Waals surface area (Å²) in [5, 5.41) is 0. The second-order valence-corrected chi connectivity index (χ2v) is 4.00. The average Bonchev–Trinajstić information content (AvgIpc) is 2.19. The largest absolute Gasteiger partial charge is 0.378 e. The first-order valence-electron chi connectivity index (χ1n) is 4.67. The van der Waals surface area contributed by atoms with Crippen LogP contribution >= 0.6 is 0 Å². The summed E-state index contributed by atoms with van der Waals surface area (Å²) in [5.41, 5.74) is 1.74. The molecule has 0 N–H and O–H groups in total. The minimum absolute atomic E-state index is 0.150. The Morgan fingerprint density at radius 3 is 2.29 bits per heavy atom. The molecule has 1 aromatic rings. The van der Waals surface area contributed by atoms with Gasteiger partial charge >= 0.3 is 0 Å². The maximum absolute atomic E-state index is 10.4. The third-order valence-electron chi connectivity index (χ3n) is 2.30. The zero-order valence-corrected chi connectivity index (χ0v) is 8.91. The summed E-state index contributed by atoms with van der Waals surface area (Å²) >= 11 is 0. The van der Waals surface area contributed by atoms with Crippen LogP contribution in [0.3, 0.4) is 0 Å². The molecular formula is C12H16O2. The van der Waals surface area contributed by atoms with Crippen molar-refractivity contribution >= 4 is 6.29 Å². The molecule has 1 rings (SSSR count). The molecule has 0 saturated heterocycles. The van der Waals surface area contributed by atoms with Crippen LogP contribution < -0.4 is 0 Å². The van der Waals surface area contributed by atoms with Gasteiger partial charge in [-0.15, -0.1) is 0 Å². The Balaban J connectivity index is 2.73. The number of aldehydes is 1. The van der Waals surface area contributed by atoms with E-state index in [2.05, 4.69) is 0 Å². The highest BCUT2D eigenvalue weighted by Gasteiger charge is 2.16. The average molecular weight is 192 g/mol. The third kappa shape index (κ3) is 2.96. The van der Waals surface area contributed by atoms with Crippen LogP contribution in [0.4, 0.5) is 0 Å². The van der Waals surface area contributed by atoms with Crippen molar-refractivity contribution in [3.05, 3.63) is 35.4 Å². The fourth-order valence-electron chi connectivity index (χ4n) is 1.28. The van der Waals surface area contributed by atoms with Crippen molar-refractivity contribution < 1.29 is 9.53 Å². The first kappa shape index (κ1) is 10.9. The van der Waals surface area contributed by atoms with Crippen LogP contribution in [0.5, 0.6) is 0 Å². The lowest BCUT2D eigenvalue weighted by atomic mass is 9.98. The summed E-state index contributed by atoms with van der Waals surface area (Å²) in [6.07, 6.45) is 1.70. The second kappa shape index (κ2) is 4.38. The van der Waals surface area contributed by atoms with Crippen molar-refractivity contribution in [2.24, 2.45) is 0 Å². The maximum atomic E-state index is 10.4. The van der Waals surface area contributed by atoms with Crippen molar-refractivity contribution in [2.45, 2.75) is 25.9 Å². The Morgan fingerprint density at radius 2 is 1.86 bits per heavy atom. The summed E-state index contributed by atoms with van der Waals surface area (Å²) in [6, 6.07) is 7.58. The van der Waals surface area contributed by atoms with Gasteiger partial charge in [-0.2, -0.15) is 0 Å². The topological polar surface area (TPSA) is 26.3 Å². The standard InChI is InChI=1S/C12H16O2/c1-12(2,14-3)8-10-4-6-11(9-13)7-5-10/h4-7,9H,8H2,1-3H3. The predicted octanol–water partition coefficient (Wildman–Crippen LogP) is 2.47. The van der Waals surface area contributed by atoms with E-state index in [0.717, 1.165) is 12.7 Å². The molecule has 1 aromatic carbocycles. The minimum Gasteiger partial charge on any atom is -0.378 e. The molecule has 0 radical (unpaired) electrons. The lowest BCUT2D eigenvalue weighted by molar-refractivity contribution is 0.0232. The number of carbonyl (C=O) groups excluding carboxylic acids is 1. The molecule has 76 valence electrons. The van der Waals surface area contributed by atoms with E-state index in [4.69, 9.17) is 4.74 Å². The van der Waals surface area contributed by atoms with Gasteiger partial charge < -0.3 is 4.74 Å². The molecule has 0 bridgehead atoms. The van der Waals surface area contributed by atoms with Crippen LogP contribution in [-0.4, -0.2) is 19.0 Å². The Morgan fingerprint density at radius 1 is 1.29 bits per heavy atom. The van der Waals surface area contributed by atoms with Crippen LogP contribution in [0, 0.1) is 0 Å². The summed E-state index contributed by atoms with van der Waals surface area (Å²) < 4.78 is 5.33. The quantitative estimate of drug-likeness (QED) is 0.685. The highest BCUT2D eigenvalue weighted by Crippen LogP contribution is 2.16. The van der Waals surface area contributed by atoms with E-state index in [9.17, 15) is 4.79 Å². The van der Waals surface area contributed by atoms with Crippen LogP contribution in [0.1, 0.15) is 29.8 Å². The number of rotatable bonds is 4. The fraction of sp³-hybridized carbons (Fsp3) is 0.417.